The Morgan fingerprint density at radius 3 is 2.09 bits per heavy atom. The van der Waals surface area contributed by atoms with Crippen LogP contribution in [-0.2, 0) is 19.4 Å². The number of nitrogens with one attached hydrogen (secondary N) is 2. The second-order valence-corrected chi connectivity index (χ2v) is 6.77. The second kappa shape index (κ2) is 7.50. The van der Waals surface area contributed by atoms with Crippen LogP contribution in [0.4, 0.5) is 11.5 Å². The molecule has 0 unspecified atom stereocenters. The number of hydrogen-bond donors (Lipinski definition) is 2. The van der Waals surface area contributed by atoms with Gasteiger partial charge in [-0.15, -0.1) is 0 Å². The first-order chi connectivity index (χ1) is 10.9. The normalized spacial score (nSPS) is 10.8. The van der Waals surface area contributed by atoms with E-state index in [1.807, 2.05) is 0 Å². The summed E-state index contributed by atoms with van der Waals surface area (Å²) >= 11 is 0. The molecule has 2 N–H and O–H groups in total. The molecule has 0 radical (unpaired) electrons. The van der Waals surface area contributed by atoms with E-state index in [0.717, 1.165) is 0 Å². The quantitative estimate of drug-likeness (QED) is 0.823. The van der Waals surface area contributed by atoms with Crippen molar-refractivity contribution in [2.45, 2.75) is 0 Å². The third-order valence-electron chi connectivity index (χ3n) is 2.69. The fourth-order valence-corrected chi connectivity index (χ4v) is 2.83. The standard InChI is InChI=1S/C15H15N3O4S/c19-14(17-12-6-2-1-3-7-12)10-23(21,22)11-15(20)18-13-8-4-5-9-16-13/h1-9H,10-11H2,(H,17,19)(H,16,18,20). The molecule has 7 nitrogen and oxygen atoms in total. The lowest BCUT2D eigenvalue weighted by atomic mass is 10.3. The highest BCUT2D eigenvalue weighted by Crippen LogP contribution is 2.06. The van der Waals surface area contributed by atoms with E-state index in [4.69, 9.17) is 0 Å². The SMILES string of the molecule is O=C(CS(=O)(=O)CC(=O)Nc1ccccn1)Nc1ccccc1. The maximum absolute atomic E-state index is 11.9. The molecule has 0 atom stereocenters. The van der Waals surface area contributed by atoms with Crippen LogP contribution in [0.15, 0.2) is 54.7 Å². The van der Waals surface area contributed by atoms with Crippen LogP contribution in [-0.4, -0.2) is 36.7 Å². The van der Waals surface area contributed by atoms with Gasteiger partial charge in [-0.25, -0.2) is 13.4 Å². The number of carbonyl (C=O) groups is 2. The van der Waals surface area contributed by atoms with Crippen LogP contribution < -0.4 is 10.6 Å². The summed E-state index contributed by atoms with van der Waals surface area (Å²) in [6, 6.07) is 13.3. The van der Waals surface area contributed by atoms with Gasteiger partial charge in [-0.2, -0.15) is 0 Å². The molecular weight excluding hydrogens is 318 g/mol. The monoisotopic (exact) mass is 333 g/mol. The molecule has 1 aromatic heterocycles. The maximum Gasteiger partial charge on any atom is 0.240 e. The zero-order chi connectivity index (χ0) is 16.7. The van der Waals surface area contributed by atoms with Gasteiger partial charge in [-0.05, 0) is 24.3 Å². The van der Waals surface area contributed by atoms with E-state index in [9.17, 15) is 18.0 Å². The largest absolute Gasteiger partial charge is 0.325 e. The number of benzene rings is 1. The molecule has 2 amide bonds. The zero-order valence-corrected chi connectivity index (χ0v) is 12.9. The van der Waals surface area contributed by atoms with E-state index in [1.165, 1.54) is 12.3 Å². The van der Waals surface area contributed by atoms with Crippen LogP contribution >= 0.6 is 0 Å². The molecule has 0 saturated carbocycles. The summed E-state index contributed by atoms with van der Waals surface area (Å²) in [4.78, 5) is 27.3. The Balaban J connectivity index is 1.88. The van der Waals surface area contributed by atoms with Crippen LogP contribution in [0.25, 0.3) is 0 Å². The predicted molar refractivity (Wildman–Crippen MR) is 86.6 cm³/mol. The zero-order valence-electron chi connectivity index (χ0n) is 12.1. The molecular formula is C15H15N3O4S. The Morgan fingerprint density at radius 1 is 0.870 bits per heavy atom. The van der Waals surface area contributed by atoms with Gasteiger partial charge in [-0.1, -0.05) is 24.3 Å². The summed E-state index contributed by atoms with van der Waals surface area (Å²) in [6.07, 6.45) is 1.47. The third-order valence-corrected chi connectivity index (χ3v) is 4.10. The Hall–Kier alpha value is -2.74. The number of hydrogen-bond acceptors (Lipinski definition) is 5. The molecule has 0 bridgehead atoms. The molecule has 0 saturated heterocycles. The number of nitrogens with zero attached hydrogens (tertiary/aromatic N) is 1. The van der Waals surface area contributed by atoms with Crippen molar-refractivity contribution in [2.24, 2.45) is 0 Å². The van der Waals surface area contributed by atoms with E-state index in [0.29, 0.717) is 5.69 Å². The van der Waals surface area contributed by atoms with Crippen molar-refractivity contribution < 1.29 is 18.0 Å². The Kier molecular flexibility index (Phi) is 5.42. The van der Waals surface area contributed by atoms with Crippen LogP contribution in [0, 0.1) is 0 Å². The van der Waals surface area contributed by atoms with Crippen LogP contribution in [0.3, 0.4) is 0 Å². The van der Waals surface area contributed by atoms with Gasteiger partial charge < -0.3 is 10.6 Å². The molecule has 0 aliphatic carbocycles. The molecule has 1 aromatic carbocycles. The first-order valence-electron chi connectivity index (χ1n) is 6.71. The van der Waals surface area contributed by atoms with E-state index in [2.05, 4.69) is 15.6 Å². The molecule has 0 fully saturated rings. The van der Waals surface area contributed by atoms with Crippen molar-refractivity contribution in [3.63, 3.8) is 0 Å². The highest BCUT2D eigenvalue weighted by Gasteiger charge is 2.21. The summed E-state index contributed by atoms with van der Waals surface area (Å²) in [7, 11) is -3.87. The van der Waals surface area contributed by atoms with Gasteiger partial charge in [0.1, 0.15) is 17.3 Å². The molecule has 1 heterocycles. The Morgan fingerprint density at radius 2 is 1.48 bits per heavy atom. The Labute approximate surface area is 133 Å². The maximum atomic E-state index is 11.9. The molecule has 8 heteroatoms. The number of rotatable bonds is 6. The number of para-hydroxylation sites is 1. The third kappa shape index (κ3) is 5.87. The second-order valence-electron chi connectivity index (χ2n) is 4.71. The number of aromatic nitrogens is 1. The molecule has 2 aromatic rings. The van der Waals surface area contributed by atoms with Gasteiger partial charge in [0.15, 0.2) is 9.84 Å². The fourth-order valence-electron chi connectivity index (χ4n) is 1.78. The van der Waals surface area contributed by atoms with Crippen molar-refractivity contribution in [1.29, 1.82) is 0 Å². The highest BCUT2D eigenvalue weighted by atomic mass is 32.2. The number of pyridine rings is 1. The van der Waals surface area contributed by atoms with E-state index in [1.54, 1.807) is 42.5 Å². The van der Waals surface area contributed by atoms with Crippen LogP contribution in [0.5, 0.6) is 0 Å². The number of sulfone groups is 1. The van der Waals surface area contributed by atoms with Crippen LogP contribution in [0.1, 0.15) is 0 Å². The fraction of sp³-hybridized carbons (Fsp3) is 0.133. The van der Waals surface area contributed by atoms with Crippen LogP contribution in [0.2, 0.25) is 0 Å². The number of anilines is 2. The lowest BCUT2D eigenvalue weighted by Crippen LogP contribution is -2.30. The first kappa shape index (κ1) is 16.6. The average molecular weight is 333 g/mol. The summed E-state index contributed by atoms with van der Waals surface area (Å²) in [6.45, 7) is 0. The van der Waals surface area contributed by atoms with Gasteiger partial charge in [-0.3, -0.25) is 9.59 Å². The first-order valence-corrected chi connectivity index (χ1v) is 8.53. The van der Waals surface area contributed by atoms with Crippen molar-refractivity contribution in [3.05, 3.63) is 54.7 Å². The summed E-state index contributed by atoms with van der Waals surface area (Å²) in [5.41, 5.74) is 0.491. The van der Waals surface area contributed by atoms with Gasteiger partial charge in [0.25, 0.3) is 0 Å². The Bertz CT molecular complexity index is 715. The highest BCUT2D eigenvalue weighted by molar-refractivity contribution is 7.92. The van der Waals surface area contributed by atoms with Gasteiger partial charge in [0.05, 0.1) is 0 Å². The average Bonchev–Trinajstić information content (AvgIpc) is 2.47. The number of amides is 2. The molecule has 23 heavy (non-hydrogen) atoms. The minimum absolute atomic E-state index is 0.251. The lowest BCUT2D eigenvalue weighted by Gasteiger charge is -2.07. The van der Waals surface area contributed by atoms with Gasteiger partial charge in [0.2, 0.25) is 11.8 Å². The van der Waals surface area contributed by atoms with Gasteiger partial charge >= 0.3 is 0 Å². The molecule has 2 rings (SSSR count). The summed E-state index contributed by atoms with van der Waals surface area (Å²) in [5.74, 6) is -2.73. The lowest BCUT2D eigenvalue weighted by molar-refractivity contribution is -0.114. The van der Waals surface area contributed by atoms with E-state index >= 15 is 0 Å². The topological polar surface area (TPSA) is 105 Å². The molecule has 0 spiro atoms. The van der Waals surface area contributed by atoms with Crippen molar-refractivity contribution in [3.8, 4) is 0 Å². The molecule has 0 aliphatic heterocycles. The smallest absolute Gasteiger partial charge is 0.240 e. The molecule has 120 valence electrons. The summed E-state index contributed by atoms with van der Waals surface area (Å²) < 4.78 is 23.8. The number of carbonyl (C=O) groups excluding carboxylic acids is 2. The predicted octanol–water partition coefficient (Wildman–Crippen LogP) is 1.07. The van der Waals surface area contributed by atoms with Crippen molar-refractivity contribution >= 4 is 33.2 Å². The summed E-state index contributed by atoms with van der Waals surface area (Å²) in [5, 5.41) is 4.82. The van der Waals surface area contributed by atoms with E-state index in [-0.39, 0.29) is 5.82 Å². The van der Waals surface area contributed by atoms with E-state index < -0.39 is 33.2 Å². The van der Waals surface area contributed by atoms with Gasteiger partial charge in [0, 0.05) is 11.9 Å². The minimum atomic E-state index is -3.87. The minimum Gasteiger partial charge on any atom is -0.325 e. The van der Waals surface area contributed by atoms with Crippen molar-refractivity contribution in [2.75, 3.05) is 22.1 Å². The molecule has 0 aliphatic rings. The van der Waals surface area contributed by atoms with Crippen molar-refractivity contribution in [1.82, 2.24) is 4.98 Å².